The van der Waals surface area contributed by atoms with Gasteiger partial charge in [-0.05, 0) is 37.1 Å². The normalized spacial score (nSPS) is 28.5. The Morgan fingerprint density at radius 2 is 1.15 bits per heavy atom. The van der Waals surface area contributed by atoms with Crippen LogP contribution in [0.4, 0.5) is 0 Å². The summed E-state index contributed by atoms with van der Waals surface area (Å²) in [5, 5.41) is 0. The number of carbonyl (C=O) groups is 2. The highest BCUT2D eigenvalue weighted by atomic mass is 16.5. The first kappa shape index (κ1) is 16.8. The van der Waals surface area contributed by atoms with Gasteiger partial charge >= 0.3 is 0 Å². The van der Waals surface area contributed by atoms with Gasteiger partial charge < -0.3 is 9.47 Å². The van der Waals surface area contributed by atoms with Crippen molar-refractivity contribution in [1.29, 1.82) is 0 Å². The Bertz CT molecular complexity index is 323. The molecule has 112 valence electrons. The predicted octanol–water partition coefficient (Wildman–Crippen LogP) is 2.62. The second kappa shape index (κ2) is 8.12. The first-order valence-electron chi connectivity index (χ1n) is 7.27. The largest absolute Gasteiger partial charge is 0.359 e. The topological polar surface area (TPSA) is 52.6 Å². The van der Waals surface area contributed by atoms with Gasteiger partial charge in [-0.15, -0.1) is 0 Å². The van der Waals surface area contributed by atoms with E-state index < -0.39 is 11.2 Å². The van der Waals surface area contributed by atoms with Crippen LogP contribution in [-0.2, 0) is 19.1 Å². The molecule has 0 amide bonds. The minimum absolute atomic E-state index is 0.509. The molecular weight excluding hydrogens is 256 g/mol. The van der Waals surface area contributed by atoms with E-state index in [0.717, 1.165) is 38.3 Å². The summed E-state index contributed by atoms with van der Waals surface area (Å²) in [5.74, 6) is 0. The molecule has 0 aromatic carbocycles. The molecule has 0 N–H and O–H groups in total. The first-order chi connectivity index (χ1) is 9.66. The van der Waals surface area contributed by atoms with E-state index in [-0.39, 0.29) is 0 Å². The van der Waals surface area contributed by atoms with Gasteiger partial charge in [0.1, 0.15) is 0 Å². The van der Waals surface area contributed by atoms with Gasteiger partial charge in [-0.25, -0.2) is 0 Å². The van der Waals surface area contributed by atoms with Crippen molar-refractivity contribution in [2.75, 3.05) is 13.2 Å². The summed E-state index contributed by atoms with van der Waals surface area (Å²) in [5.41, 5.74) is -2.12. The molecule has 0 bridgehead atoms. The van der Waals surface area contributed by atoms with Crippen molar-refractivity contribution in [3.63, 3.8) is 0 Å². The minimum atomic E-state index is -1.06. The van der Waals surface area contributed by atoms with E-state index in [9.17, 15) is 9.59 Å². The Labute approximate surface area is 120 Å². The summed E-state index contributed by atoms with van der Waals surface area (Å²) < 4.78 is 11.2. The molecule has 0 saturated carbocycles. The minimum Gasteiger partial charge on any atom is -0.359 e. The van der Waals surface area contributed by atoms with Gasteiger partial charge in [0.2, 0.25) is 0 Å². The van der Waals surface area contributed by atoms with Crippen LogP contribution in [0.5, 0.6) is 0 Å². The van der Waals surface area contributed by atoms with E-state index in [1.165, 1.54) is 0 Å². The van der Waals surface area contributed by atoms with E-state index in [2.05, 4.69) is 13.8 Å². The Morgan fingerprint density at radius 1 is 0.800 bits per heavy atom. The lowest BCUT2D eigenvalue weighted by atomic mass is 9.90. The molecule has 4 heteroatoms. The van der Waals surface area contributed by atoms with Crippen LogP contribution in [0.3, 0.4) is 0 Å². The summed E-state index contributed by atoms with van der Waals surface area (Å²) in [6.45, 7) is 5.13. The van der Waals surface area contributed by atoms with Gasteiger partial charge in [0.15, 0.2) is 23.8 Å². The standard InChI is InChI=1S/C16H24O4/c1-3-5-11-19-15(13-17)7-9-16(14-18,10-8-15)20-12-6-4-2/h7-10,13-14H,3-6,11-12H2,1-2H3. The van der Waals surface area contributed by atoms with Crippen molar-refractivity contribution in [2.45, 2.75) is 50.7 Å². The summed E-state index contributed by atoms with van der Waals surface area (Å²) >= 11 is 0. The highest BCUT2D eigenvalue weighted by Gasteiger charge is 2.34. The van der Waals surface area contributed by atoms with Crippen LogP contribution in [0.2, 0.25) is 0 Å². The van der Waals surface area contributed by atoms with Crippen LogP contribution < -0.4 is 0 Å². The van der Waals surface area contributed by atoms with Crippen molar-refractivity contribution >= 4 is 12.6 Å². The lowest BCUT2D eigenvalue weighted by molar-refractivity contribution is -0.124. The van der Waals surface area contributed by atoms with Gasteiger partial charge in [0, 0.05) is 13.2 Å². The fourth-order valence-electron chi connectivity index (χ4n) is 1.84. The fourth-order valence-corrected chi connectivity index (χ4v) is 1.84. The third kappa shape index (κ3) is 4.39. The van der Waals surface area contributed by atoms with E-state index in [1.807, 2.05) is 0 Å². The van der Waals surface area contributed by atoms with Crippen LogP contribution in [0.25, 0.3) is 0 Å². The van der Waals surface area contributed by atoms with Crippen LogP contribution >= 0.6 is 0 Å². The quantitative estimate of drug-likeness (QED) is 0.351. The van der Waals surface area contributed by atoms with Gasteiger partial charge in [-0.1, -0.05) is 26.7 Å². The van der Waals surface area contributed by atoms with E-state index >= 15 is 0 Å². The predicted molar refractivity (Wildman–Crippen MR) is 77.6 cm³/mol. The van der Waals surface area contributed by atoms with Crippen LogP contribution in [0, 0.1) is 0 Å². The molecule has 0 atom stereocenters. The maximum Gasteiger partial charge on any atom is 0.160 e. The average Bonchev–Trinajstić information content (AvgIpc) is 2.50. The number of hydrogen-bond donors (Lipinski definition) is 0. The third-order valence-corrected chi connectivity index (χ3v) is 3.28. The Morgan fingerprint density at radius 3 is 1.40 bits per heavy atom. The molecule has 0 aliphatic heterocycles. The van der Waals surface area contributed by atoms with Crippen LogP contribution in [-0.4, -0.2) is 37.0 Å². The Hall–Kier alpha value is -1.26. The van der Waals surface area contributed by atoms with Crippen molar-refractivity contribution in [1.82, 2.24) is 0 Å². The Kier molecular flexibility index (Phi) is 6.82. The van der Waals surface area contributed by atoms with Gasteiger partial charge in [0.05, 0.1) is 0 Å². The lowest BCUT2D eigenvalue weighted by Gasteiger charge is -2.30. The summed E-state index contributed by atoms with van der Waals surface area (Å²) in [4.78, 5) is 22.6. The van der Waals surface area contributed by atoms with E-state index in [1.54, 1.807) is 24.3 Å². The maximum absolute atomic E-state index is 11.3. The second-order valence-electron chi connectivity index (χ2n) is 5.01. The highest BCUT2D eigenvalue weighted by Crippen LogP contribution is 2.26. The molecule has 0 aromatic heterocycles. The molecule has 20 heavy (non-hydrogen) atoms. The van der Waals surface area contributed by atoms with Crippen molar-refractivity contribution in [3.05, 3.63) is 24.3 Å². The number of aldehydes is 2. The fraction of sp³-hybridized carbons (Fsp3) is 0.625. The number of unbranched alkanes of at least 4 members (excludes halogenated alkanes) is 2. The average molecular weight is 280 g/mol. The zero-order valence-corrected chi connectivity index (χ0v) is 12.3. The molecule has 1 aliphatic rings. The van der Waals surface area contributed by atoms with Gasteiger partial charge in [-0.3, -0.25) is 9.59 Å². The number of rotatable bonds is 10. The zero-order valence-electron chi connectivity index (χ0n) is 12.3. The molecule has 0 saturated heterocycles. The van der Waals surface area contributed by atoms with Crippen LogP contribution in [0.15, 0.2) is 24.3 Å². The highest BCUT2D eigenvalue weighted by molar-refractivity contribution is 5.77. The summed E-state index contributed by atoms with van der Waals surface area (Å²) in [6, 6.07) is 0. The Balaban J connectivity index is 2.70. The van der Waals surface area contributed by atoms with Gasteiger partial charge in [0.25, 0.3) is 0 Å². The monoisotopic (exact) mass is 280 g/mol. The SMILES string of the molecule is CCCCOC1(C=O)C=CC(C=O)(OCCCC)C=C1. The van der Waals surface area contributed by atoms with E-state index in [4.69, 9.17) is 9.47 Å². The molecule has 1 rings (SSSR count). The molecule has 0 fully saturated rings. The van der Waals surface area contributed by atoms with Crippen LogP contribution in [0.1, 0.15) is 39.5 Å². The molecule has 1 aliphatic carbocycles. The van der Waals surface area contributed by atoms with Crippen molar-refractivity contribution < 1.29 is 19.1 Å². The second-order valence-corrected chi connectivity index (χ2v) is 5.01. The molecular formula is C16H24O4. The number of carbonyl (C=O) groups excluding carboxylic acids is 2. The van der Waals surface area contributed by atoms with Gasteiger partial charge in [-0.2, -0.15) is 0 Å². The third-order valence-electron chi connectivity index (χ3n) is 3.28. The van der Waals surface area contributed by atoms with E-state index in [0.29, 0.717) is 13.2 Å². The molecule has 0 radical (unpaired) electrons. The van der Waals surface area contributed by atoms with Crippen molar-refractivity contribution in [3.8, 4) is 0 Å². The number of hydrogen-bond acceptors (Lipinski definition) is 4. The molecule has 0 heterocycles. The molecule has 4 nitrogen and oxygen atoms in total. The molecule has 0 unspecified atom stereocenters. The summed E-state index contributed by atoms with van der Waals surface area (Å²) in [7, 11) is 0. The maximum atomic E-state index is 11.3. The number of ether oxygens (including phenoxy) is 2. The molecule has 0 spiro atoms. The molecule has 0 aromatic rings. The lowest BCUT2D eigenvalue weighted by Crippen LogP contribution is -2.39. The smallest absolute Gasteiger partial charge is 0.160 e. The zero-order chi connectivity index (χ0) is 14.9. The summed E-state index contributed by atoms with van der Waals surface area (Å²) in [6.07, 6.45) is 11.7. The first-order valence-corrected chi connectivity index (χ1v) is 7.27. The van der Waals surface area contributed by atoms with Crippen molar-refractivity contribution in [2.24, 2.45) is 0 Å².